The van der Waals surface area contributed by atoms with E-state index in [0.717, 1.165) is 0 Å². The topological polar surface area (TPSA) is 52.3 Å². The van der Waals surface area contributed by atoms with Crippen molar-refractivity contribution >= 4 is 5.91 Å². The van der Waals surface area contributed by atoms with E-state index >= 15 is 0 Å². The Bertz CT molecular complexity index is 339. The molecule has 4 heteroatoms. The molecule has 0 aliphatic carbocycles. The monoisotopic (exact) mass is 197 g/mol. The SMILES string of the molecule is Cc1cc(F)ccc1OCCC(N)=O. The predicted molar refractivity (Wildman–Crippen MR) is 50.4 cm³/mol. The van der Waals surface area contributed by atoms with E-state index in [1.54, 1.807) is 6.92 Å². The third-order valence-electron chi connectivity index (χ3n) is 1.74. The molecule has 1 aromatic carbocycles. The number of rotatable bonds is 4. The predicted octanol–water partition coefficient (Wildman–Crippen LogP) is 1.39. The van der Waals surface area contributed by atoms with Gasteiger partial charge < -0.3 is 10.5 Å². The zero-order valence-electron chi connectivity index (χ0n) is 7.92. The first-order valence-corrected chi connectivity index (χ1v) is 4.27. The summed E-state index contributed by atoms with van der Waals surface area (Å²) in [6, 6.07) is 4.22. The Kier molecular flexibility index (Phi) is 3.45. The molecule has 0 aliphatic rings. The van der Waals surface area contributed by atoms with Crippen LogP contribution < -0.4 is 10.5 Å². The van der Waals surface area contributed by atoms with Crippen molar-refractivity contribution in [3.05, 3.63) is 29.6 Å². The average molecular weight is 197 g/mol. The number of halogens is 1. The number of nitrogens with two attached hydrogens (primary N) is 1. The average Bonchev–Trinajstić information content (AvgIpc) is 2.08. The molecule has 0 saturated carbocycles. The van der Waals surface area contributed by atoms with E-state index in [9.17, 15) is 9.18 Å². The summed E-state index contributed by atoms with van der Waals surface area (Å²) in [5, 5.41) is 0. The Morgan fingerprint density at radius 3 is 2.86 bits per heavy atom. The van der Waals surface area contributed by atoms with Gasteiger partial charge in [-0.15, -0.1) is 0 Å². The van der Waals surface area contributed by atoms with Crippen molar-refractivity contribution in [2.45, 2.75) is 13.3 Å². The van der Waals surface area contributed by atoms with Gasteiger partial charge in [0.15, 0.2) is 0 Å². The smallest absolute Gasteiger partial charge is 0.220 e. The number of ether oxygens (including phenoxy) is 1. The van der Waals surface area contributed by atoms with E-state index in [0.29, 0.717) is 11.3 Å². The standard InChI is InChI=1S/C10H12FNO2/c1-7-6-8(11)2-3-9(7)14-5-4-10(12)13/h2-3,6H,4-5H2,1H3,(H2,12,13). The lowest BCUT2D eigenvalue weighted by Gasteiger charge is -2.07. The van der Waals surface area contributed by atoms with Gasteiger partial charge >= 0.3 is 0 Å². The summed E-state index contributed by atoms with van der Waals surface area (Å²) in [6.45, 7) is 1.96. The van der Waals surface area contributed by atoms with Crippen LogP contribution in [-0.4, -0.2) is 12.5 Å². The molecule has 0 heterocycles. The second kappa shape index (κ2) is 4.60. The molecule has 14 heavy (non-hydrogen) atoms. The van der Waals surface area contributed by atoms with Crippen LogP contribution in [0.15, 0.2) is 18.2 Å². The van der Waals surface area contributed by atoms with Gasteiger partial charge in [-0.25, -0.2) is 4.39 Å². The molecule has 3 nitrogen and oxygen atoms in total. The number of amides is 1. The zero-order valence-corrected chi connectivity index (χ0v) is 7.92. The van der Waals surface area contributed by atoms with Gasteiger partial charge in [-0.2, -0.15) is 0 Å². The van der Waals surface area contributed by atoms with Crippen LogP contribution in [0.5, 0.6) is 5.75 Å². The number of primary amides is 1. The molecule has 0 unspecified atom stereocenters. The van der Waals surface area contributed by atoms with Crippen molar-refractivity contribution in [1.29, 1.82) is 0 Å². The molecule has 1 aromatic rings. The summed E-state index contributed by atoms with van der Waals surface area (Å²) in [5.74, 6) is -0.137. The van der Waals surface area contributed by atoms with Crippen molar-refractivity contribution in [3.8, 4) is 5.75 Å². The van der Waals surface area contributed by atoms with Gasteiger partial charge in [0.25, 0.3) is 0 Å². The number of aryl methyl sites for hydroxylation is 1. The highest BCUT2D eigenvalue weighted by Gasteiger charge is 2.01. The fourth-order valence-corrected chi connectivity index (χ4v) is 1.04. The minimum absolute atomic E-state index is 0.164. The largest absolute Gasteiger partial charge is 0.493 e. The molecule has 1 amide bonds. The van der Waals surface area contributed by atoms with Crippen LogP contribution in [-0.2, 0) is 4.79 Å². The van der Waals surface area contributed by atoms with Crippen LogP contribution in [0.4, 0.5) is 4.39 Å². The number of hydrogen-bond donors (Lipinski definition) is 1. The van der Waals surface area contributed by atoms with E-state index in [1.807, 2.05) is 0 Å². The molecule has 0 bridgehead atoms. The quantitative estimate of drug-likeness (QED) is 0.792. The summed E-state index contributed by atoms with van der Waals surface area (Å²) in [5.41, 5.74) is 5.64. The second-order valence-corrected chi connectivity index (χ2v) is 2.97. The Balaban J connectivity index is 2.55. The van der Waals surface area contributed by atoms with E-state index < -0.39 is 5.91 Å². The van der Waals surface area contributed by atoms with E-state index in [1.165, 1.54) is 18.2 Å². The Hall–Kier alpha value is -1.58. The summed E-state index contributed by atoms with van der Waals surface area (Å²) < 4.78 is 17.9. The first-order chi connectivity index (χ1) is 6.59. The van der Waals surface area contributed by atoms with Crippen LogP contribution >= 0.6 is 0 Å². The number of hydrogen-bond acceptors (Lipinski definition) is 2. The Morgan fingerprint density at radius 1 is 1.57 bits per heavy atom. The normalized spacial score (nSPS) is 9.86. The summed E-state index contributed by atoms with van der Waals surface area (Å²) in [4.78, 5) is 10.4. The first kappa shape index (κ1) is 10.5. The third kappa shape index (κ3) is 3.05. The fraction of sp³-hybridized carbons (Fsp3) is 0.300. The number of benzene rings is 1. The van der Waals surface area contributed by atoms with Gasteiger partial charge in [0, 0.05) is 0 Å². The molecular formula is C10H12FNO2. The lowest BCUT2D eigenvalue weighted by molar-refractivity contribution is -0.118. The highest BCUT2D eigenvalue weighted by molar-refractivity contribution is 5.73. The highest BCUT2D eigenvalue weighted by atomic mass is 19.1. The van der Waals surface area contributed by atoms with Crippen LogP contribution in [0.2, 0.25) is 0 Å². The maximum absolute atomic E-state index is 12.7. The van der Waals surface area contributed by atoms with Gasteiger partial charge in [-0.05, 0) is 30.7 Å². The van der Waals surface area contributed by atoms with E-state index in [2.05, 4.69) is 0 Å². The van der Waals surface area contributed by atoms with Crippen LogP contribution in [0, 0.1) is 12.7 Å². The van der Waals surface area contributed by atoms with Gasteiger partial charge in [-0.1, -0.05) is 0 Å². The molecule has 0 radical (unpaired) electrons. The van der Waals surface area contributed by atoms with Crippen molar-refractivity contribution in [2.75, 3.05) is 6.61 Å². The molecule has 0 fully saturated rings. The Labute approximate surface area is 81.7 Å². The number of carbonyl (C=O) groups is 1. The lowest BCUT2D eigenvalue weighted by Crippen LogP contribution is -2.14. The highest BCUT2D eigenvalue weighted by Crippen LogP contribution is 2.18. The molecule has 0 atom stereocenters. The van der Waals surface area contributed by atoms with Gasteiger partial charge in [-0.3, -0.25) is 4.79 Å². The molecule has 0 aromatic heterocycles. The summed E-state index contributed by atoms with van der Waals surface area (Å²) in [7, 11) is 0. The molecule has 1 rings (SSSR count). The van der Waals surface area contributed by atoms with Gasteiger partial charge in [0.05, 0.1) is 13.0 Å². The zero-order chi connectivity index (χ0) is 10.6. The van der Waals surface area contributed by atoms with Gasteiger partial charge in [0.2, 0.25) is 5.91 Å². The van der Waals surface area contributed by atoms with Crippen molar-refractivity contribution in [1.82, 2.24) is 0 Å². The van der Waals surface area contributed by atoms with E-state index in [-0.39, 0.29) is 18.8 Å². The number of carbonyl (C=O) groups excluding carboxylic acids is 1. The van der Waals surface area contributed by atoms with Crippen LogP contribution in [0.3, 0.4) is 0 Å². The lowest BCUT2D eigenvalue weighted by atomic mass is 10.2. The molecule has 0 aliphatic heterocycles. The van der Waals surface area contributed by atoms with Crippen LogP contribution in [0.25, 0.3) is 0 Å². The Morgan fingerprint density at radius 2 is 2.29 bits per heavy atom. The summed E-state index contributed by atoms with van der Waals surface area (Å²) in [6.07, 6.45) is 0.164. The van der Waals surface area contributed by atoms with Gasteiger partial charge in [0.1, 0.15) is 11.6 Å². The fourth-order valence-electron chi connectivity index (χ4n) is 1.04. The molecular weight excluding hydrogens is 185 g/mol. The third-order valence-corrected chi connectivity index (χ3v) is 1.74. The minimum Gasteiger partial charge on any atom is -0.493 e. The van der Waals surface area contributed by atoms with E-state index in [4.69, 9.17) is 10.5 Å². The maximum Gasteiger partial charge on any atom is 0.220 e. The maximum atomic E-state index is 12.7. The van der Waals surface area contributed by atoms with Crippen molar-refractivity contribution in [2.24, 2.45) is 5.73 Å². The molecule has 0 saturated heterocycles. The molecule has 76 valence electrons. The minimum atomic E-state index is -0.412. The van der Waals surface area contributed by atoms with Crippen molar-refractivity contribution in [3.63, 3.8) is 0 Å². The summed E-state index contributed by atoms with van der Waals surface area (Å²) >= 11 is 0. The second-order valence-electron chi connectivity index (χ2n) is 2.97. The molecule has 0 spiro atoms. The first-order valence-electron chi connectivity index (χ1n) is 4.27. The molecule has 2 N–H and O–H groups in total. The van der Waals surface area contributed by atoms with Crippen molar-refractivity contribution < 1.29 is 13.9 Å². The van der Waals surface area contributed by atoms with Crippen LogP contribution in [0.1, 0.15) is 12.0 Å².